The number of hydrogen-bond acceptors (Lipinski definition) is 9. The molecular formula is C67H93N9O2S2. The third kappa shape index (κ3) is 11.0. The number of rotatable bonds is 13. The lowest BCUT2D eigenvalue weighted by Gasteiger charge is -2.42. The third-order valence-electron chi connectivity index (χ3n) is 20.5. The van der Waals surface area contributed by atoms with Gasteiger partial charge < -0.3 is 39.4 Å². The Labute approximate surface area is 486 Å². The molecule has 0 atom stereocenters. The maximum Gasteiger partial charge on any atom is 0.233 e. The number of hydrogen-bond donors (Lipinski definition) is 2. The normalized spacial score (nSPS) is 23.8. The van der Waals surface area contributed by atoms with Gasteiger partial charge in [0.2, 0.25) is 11.8 Å². The van der Waals surface area contributed by atoms with Crippen LogP contribution in [0.15, 0.2) is 48.5 Å². The lowest BCUT2D eigenvalue weighted by molar-refractivity contribution is -0.138. The van der Waals surface area contributed by atoms with E-state index < -0.39 is 10.8 Å². The van der Waals surface area contributed by atoms with Crippen LogP contribution in [0.5, 0.6) is 0 Å². The quantitative estimate of drug-likeness (QED) is 0.119. The molecule has 4 bridgehead atoms. The van der Waals surface area contributed by atoms with Crippen LogP contribution >= 0.6 is 22.7 Å². The number of aromatic amines is 2. The molecule has 0 aliphatic carbocycles. The summed E-state index contributed by atoms with van der Waals surface area (Å²) in [7, 11) is 4.47. The fraction of sp³-hybridized carbons (Fsp3) is 0.612. The maximum atomic E-state index is 14.0. The van der Waals surface area contributed by atoms with Crippen molar-refractivity contribution in [3.63, 3.8) is 0 Å². The summed E-state index contributed by atoms with van der Waals surface area (Å²) in [6, 6.07) is 21.1. The minimum atomic E-state index is -0.503. The number of nitrogens with zero attached hydrogens (tertiary/aromatic N) is 7. The highest BCUT2D eigenvalue weighted by molar-refractivity contribution is 7.19. The van der Waals surface area contributed by atoms with Crippen molar-refractivity contribution in [1.82, 2.24) is 44.3 Å². The number of likely N-dealkylation sites (N-methyl/N-ethyl adjacent to an activating group) is 1. The van der Waals surface area contributed by atoms with E-state index in [1.54, 1.807) is 22.7 Å². The van der Waals surface area contributed by atoms with Crippen LogP contribution in [0.2, 0.25) is 0 Å². The molecule has 2 N–H and O–H groups in total. The molecular weight excluding hydrogens is 1030 g/mol. The summed E-state index contributed by atoms with van der Waals surface area (Å²) in [6.45, 7) is 31.3. The van der Waals surface area contributed by atoms with Gasteiger partial charge in [0.15, 0.2) is 0 Å². The Morgan fingerprint density at radius 2 is 0.812 bits per heavy atom. The van der Waals surface area contributed by atoms with E-state index in [1.165, 1.54) is 176 Å². The first-order valence-corrected chi connectivity index (χ1v) is 32.7. The molecule has 11 nitrogen and oxygen atoms in total. The van der Waals surface area contributed by atoms with Crippen LogP contribution in [0, 0.1) is 27.7 Å². The Balaban J connectivity index is 0.000000161. The van der Waals surface area contributed by atoms with E-state index in [4.69, 9.17) is 0 Å². The topological polar surface area (TPSA) is 88.4 Å². The molecule has 0 radical (unpaired) electrons. The van der Waals surface area contributed by atoms with Crippen LogP contribution < -0.4 is 0 Å². The second kappa shape index (κ2) is 22.7. The Morgan fingerprint density at radius 1 is 0.463 bits per heavy atom. The van der Waals surface area contributed by atoms with Crippen molar-refractivity contribution in [2.45, 2.75) is 173 Å². The molecule has 2 amide bonds. The number of likely N-dealkylation sites (tertiary alicyclic amines) is 1. The number of thiophene rings is 2. The van der Waals surface area contributed by atoms with E-state index in [1.807, 2.05) is 0 Å². The van der Waals surface area contributed by atoms with Crippen LogP contribution in [-0.4, -0.2) is 179 Å². The maximum absolute atomic E-state index is 14.0. The molecule has 7 aliphatic rings. The first kappa shape index (κ1) is 56.2. The van der Waals surface area contributed by atoms with E-state index in [0.29, 0.717) is 36.0 Å². The van der Waals surface area contributed by atoms with E-state index in [2.05, 4.69) is 162 Å². The summed E-state index contributed by atoms with van der Waals surface area (Å²) in [4.78, 5) is 57.8. The summed E-state index contributed by atoms with van der Waals surface area (Å²) in [5, 5.41) is 2.64. The number of carbonyl (C=O) groups is 2. The molecule has 0 spiro atoms. The molecule has 0 saturated carbocycles. The van der Waals surface area contributed by atoms with Gasteiger partial charge in [-0.05, 0) is 218 Å². The van der Waals surface area contributed by atoms with Crippen LogP contribution in [0.25, 0.3) is 42.9 Å². The zero-order valence-corrected chi connectivity index (χ0v) is 51.9. The summed E-state index contributed by atoms with van der Waals surface area (Å²) < 4.78 is 0. The summed E-state index contributed by atoms with van der Waals surface area (Å²) in [5.41, 5.74) is 12.1. The summed E-state index contributed by atoms with van der Waals surface area (Å²) in [6.07, 6.45) is 14.2. The second-order valence-electron chi connectivity index (χ2n) is 27.1. The first-order chi connectivity index (χ1) is 38.4. The van der Waals surface area contributed by atoms with Gasteiger partial charge in [0.05, 0.1) is 22.2 Å². The van der Waals surface area contributed by atoms with Gasteiger partial charge >= 0.3 is 0 Å². The van der Waals surface area contributed by atoms with Crippen molar-refractivity contribution in [3.8, 4) is 22.5 Å². The minimum Gasteiger partial charge on any atom is -0.346 e. The van der Waals surface area contributed by atoms with Crippen LogP contribution in [0.3, 0.4) is 0 Å². The van der Waals surface area contributed by atoms with Crippen molar-refractivity contribution in [2.24, 2.45) is 0 Å². The number of H-pyrrole nitrogens is 2. The Hall–Kier alpha value is -4.34. The molecule has 7 fully saturated rings. The number of carbonyl (C=O) groups excluding carboxylic acids is 2. The van der Waals surface area contributed by atoms with Crippen LogP contribution in [0.1, 0.15) is 135 Å². The lowest BCUT2D eigenvalue weighted by atomic mass is 9.88. The highest BCUT2D eigenvalue weighted by Crippen LogP contribution is 2.47. The fourth-order valence-electron chi connectivity index (χ4n) is 15.6. The monoisotopic (exact) mass is 1120 g/mol. The van der Waals surface area contributed by atoms with Crippen molar-refractivity contribution in [1.29, 1.82) is 0 Å². The van der Waals surface area contributed by atoms with Gasteiger partial charge in [0.1, 0.15) is 9.66 Å². The van der Waals surface area contributed by atoms with E-state index in [0.717, 1.165) is 71.2 Å². The third-order valence-corrected chi connectivity index (χ3v) is 23.2. The number of amides is 2. The highest BCUT2D eigenvalue weighted by Gasteiger charge is 2.49. The van der Waals surface area contributed by atoms with E-state index in [-0.39, 0.29) is 0 Å². The van der Waals surface area contributed by atoms with Gasteiger partial charge in [-0.3, -0.25) is 14.5 Å². The van der Waals surface area contributed by atoms with Gasteiger partial charge in [-0.1, -0.05) is 34.4 Å². The number of fused-ring (bicyclic) bond motifs is 6. The molecule has 4 aromatic heterocycles. The molecule has 0 unspecified atom stereocenters. The van der Waals surface area contributed by atoms with Crippen LogP contribution in [0.4, 0.5) is 0 Å². The van der Waals surface area contributed by atoms with E-state index in [9.17, 15) is 9.59 Å². The van der Waals surface area contributed by atoms with Gasteiger partial charge in [-0.2, -0.15) is 0 Å². The molecule has 6 aromatic rings. The van der Waals surface area contributed by atoms with Gasteiger partial charge in [0.25, 0.3) is 0 Å². The van der Waals surface area contributed by atoms with Gasteiger partial charge in [-0.15, -0.1) is 22.7 Å². The van der Waals surface area contributed by atoms with Crippen molar-refractivity contribution >= 4 is 54.9 Å². The molecule has 13 heteroatoms. The SMILES string of the molecule is Cc1cc(C)cc(-c2[nH]c3sc(C(C)(C)C(=O)N4C5CCC4CC5)cc3c2CCN2CCN(C)CC2)c1.Cc1cc(C)cc(-c2[nH]c3sc(C(C)(C)C(=O)N4C5CCC4CC5)cc3c2CCN2CCN(C3CCN(C)CC3)CC2)c1. The zero-order valence-electron chi connectivity index (χ0n) is 50.2. The number of benzene rings is 2. The molecule has 11 heterocycles. The molecule has 430 valence electrons. The average molecular weight is 1120 g/mol. The molecule has 2 aromatic carbocycles. The largest absolute Gasteiger partial charge is 0.346 e. The fourth-order valence-corrected chi connectivity index (χ4v) is 18.0. The molecule has 80 heavy (non-hydrogen) atoms. The number of piperazine rings is 2. The number of aryl methyl sites for hydroxylation is 4. The minimum absolute atomic E-state index is 0.329. The lowest BCUT2D eigenvalue weighted by Crippen LogP contribution is -2.53. The number of nitrogens with one attached hydrogen (secondary N) is 2. The smallest absolute Gasteiger partial charge is 0.233 e. The summed E-state index contributed by atoms with van der Waals surface area (Å²) >= 11 is 3.59. The predicted octanol–water partition coefficient (Wildman–Crippen LogP) is 11.9. The number of aromatic nitrogens is 2. The van der Waals surface area contributed by atoms with Crippen molar-refractivity contribution < 1.29 is 9.59 Å². The molecule has 13 rings (SSSR count). The Bertz CT molecular complexity index is 3130. The Kier molecular flexibility index (Phi) is 15.9. The van der Waals surface area contributed by atoms with Crippen LogP contribution in [-0.2, 0) is 33.3 Å². The molecule has 7 saturated heterocycles. The average Bonchev–Trinajstić information content (AvgIpc) is 4.20. The van der Waals surface area contributed by atoms with Gasteiger partial charge in [0, 0.05) is 116 Å². The Morgan fingerprint density at radius 3 is 1.19 bits per heavy atom. The van der Waals surface area contributed by atoms with Crippen molar-refractivity contribution in [2.75, 3.05) is 92.6 Å². The van der Waals surface area contributed by atoms with E-state index >= 15 is 0 Å². The predicted molar refractivity (Wildman–Crippen MR) is 334 cm³/mol. The standard InChI is InChI=1S/C36H51N5OS.C31H42N4OS/c1-24-20-25(2)22-26(21-24)33-30(12-15-39-16-18-40(19-17-39)27-10-13-38(5)14-11-27)31-23-32(43-34(31)37-33)36(3,4)35(42)41-28-6-7-29(41)9-8-28;1-20-16-21(2)18-22(17-20)28-25(10-11-34-14-12-33(5)13-15-34)26-19-27(37-29(26)32-28)31(3,4)30(36)35-23-6-7-24(35)9-8-23/h20-23,27-29,37H,6-19H2,1-5H3;16-19,23-24,32H,6-15H2,1-5H3. The molecule has 7 aliphatic heterocycles. The number of piperidine rings is 1. The van der Waals surface area contributed by atoms with Crippen molar-refractivity contribution in [3.05, 3.63) is 91.7 Å². The van der Waals surface area contributed by atoms with Gasteiger partial charge in [-0.25, -0.2) is 0 Å². The second-order valence-corrected chi connectivity index (χ2v) is 29.2. The first-order valence-electron chi connectivity index (χ1n) is 31.1. The summed E-state index contributed by atoms with van der Waals surface area (Å²) in [5.74, 6) is 0.662. The zero-order chi connectivity index (χ0) is 55.8. The highest BCUT2D eigenvalue weighted by atomic mass is 32.1.